The van der Waals surface area contributed by atoms with Crippen molar-refractivity contribution in [3.8, 4) is 5.75 Å². The van der Waals surface area contributed by atoms with Crippen LogP contribution in [0.15, 0.2) is 18.2 Å². The van der Waals surface area contributed by atoms with Crippen molar-refractivity contribution in [2.75, 3.05) is 19.7 Å². The zero-order valence-corrected chi connectivity index (χ0v) is 11.5. The smallest absolute Gasteiger partial charge is 0.401 e. The lowest BCUT2D eigenvalue weighted by atomic mass is 10.0. The molecule has 1 rings (SSSR count). The Balaban J connectivity index is 2.46. The molecule has 0 saturated carbocycles. The Morgan fingerprint density at radius 3 is 2.53 bits per heavy atom. The second-order valence-electron chi connectivity index (χ2n) is 4.84. The van der Waals surface area contributed by atoms with Crippen molar-refractivity contribution in [1.29, 1.82) is 0 Å². The minimum atomic E-state index is -4.17. The zero-order valence-electron chi connectivity index (χ0n) is 11.5. The highest BCUT2D eigenvalue weighted by molar-refractivity contribution is 5.39. The molecular formula is C14H20F3NO. The average molecular weight is 275 g/mol. The summed E-state index contributed by atoms with van der Waals surface area (Å²) in [6, 6.07) is 5.92. The number of rotatable bonds is 6. The summed E-state index contributed by atoms with van der Waals surface area (Å²) in [5, 5.41) is 2.31. The average Bonchev–Trinajstić information content (AvgIpc) is 2.26. The van der Waals surface area contributed by atoms with Gasteiger partial charge in [0.15, 0.2) is 0 Å². The van der Waals surface area contributed by atoms with Crippen LogP contribution in [0.25, 0.3) is 0 Å². The molecule has 0 unspecified atom stereocenters. The summed E-state index contributed by atoms with van der Waals surface area (Å²) < 4.78 is 41.3. The van der Waals surface area contributed by atoms with Crippen LogP contribution in [0.1, 0.15) is 30.9 Å². The van der Waals surface area contributed by atoms with Gasteiger partial charge in [-0.15, -0.1) is 0 Å². The van der Waals surface area contributed by atoms with Crippen molar-refractivity contribution in [2.45, 2.75) is 32.9 Å². The highest BCUT2D eigenvalue weighted by atomic mass is 19.4. The second kappa shape index (κ2) is 6.80. The molecule has 108 valence electrons. The number of ether oxygens (including phenoxy) is 1. The Bertz CT molecular complexity index is 402. The summed E-state index contributed by atoms with van der Waals surface area (Å²) in [5.41, 5.74) is 2.14. The first kappa shape index (κ1) is 15.8. The number of benzene rings is 1. The van der Waals surface area contributed by atoms with Gasteiger partial charge in [-0.1, -0.05) is 26.0 Å². The summed E-state index contributed by atoms with van der Waals surface area (Å²) in [4.78, 5) is 0. The summed E-state index contributed by atoms with van der Waals surface area (Å²) >= 11 is 0. The molecule has 0 spiro atoms. The van der Waals surface area contributed by atoms with E-state index in [2.05, 4.69) is 19.2 Å². The molecule has 0 aliphatic heterocycles. The van der Waals surface area contributed by atoms with Crippen LogP contribution in [0.2, 0.25) is 0 Å². The standard InChI is InChI=1S/C14H20F3NO/c1-10(2)12-5-4-11(3)8-13(12)19-7-6-18-9-14(15,16)17/h4-5,8,10,18H,6-7,9H2,1-3H3. The lowest BCUT2D eigenvalue weighted by molar-refractivity contribution is -0.124. The Morgan fingerprint density at radius 1 is 1.26 bits per heavy atom. The quantitative estimate of drug-likeness (QED) is 0.800. The van der Waals surface area contributed by atoms with Gasteiger partial charge in [0.25, 0.3) is 0 Å². The van der Waals surface area contributed by atoms with Gasteiger partial charge in [-0.2, -0.15) is 13.2 Å². The predicted octanol–water partition coefficient (Wildman–Crippen LogP) is 3.65. The van der Waals surface area contributed by atoms with Gasteiger partial charge in [0.1, 0.15) is 12.4 Å². The summed E-state index contributed by atoms with van der Waals surface area (Å²) in [5.74, 6) is 1.07. The van der Waals surface area contributed by atoms with Crippen LogP contribution in [0.5, 0.6) is 5.75 Å². The third-order valence-corrected chi connectivity index (χ3v) is 2.65. The fourth-order valence-electron chi connectivity index (χ4n) is 1.71. The first-order valence-corrected chi connectivity index (χ1v) is 6.30. The van der Waals surface area contributed by atoms with E-state index in [9.17, 15) is 13.2 Å². The third-order valence-electron chi connectivity index (χ3n) is 2.65. The molecule has 0 heterocycles. The maximum atomic E-state index is 11.9. The van der Waals surface area contributed by atoms with Gasteiger partial charge >= 0.3 is 6.18 Å². The van der Waals surface area contributed by atoms with E-state index in [1.807, 2.05) is 25.1 Å². The molecule has 1 aromatic carbocycles. The topological polar surface area (TPSA) is 21.3 Å². The Morgan fingerprint density at radius 2 is 1.95 bits per heavy atom. The molecule has 0 bridgehead atoms. The molecule has 0 aliphatic rings. The lowest BCUT2D eigenvalue weighted by Crippen LogP contribution is -2.31. The van der Waals surface area contributed by atoms with Crippen molar-refractivity contribution in [3.63, 3.8) is 0 Å². The van der Waals surface area contributed by atoms with Crippen LogP contribution in [0.3, 0.4) is 0 Å². The molecule has 1 N–H and O–H groups in total. The highest BCUT2D eigenvalue weighted by Gasteiger charge is 2.25. The van der Waals surface area contributed by atoms with E-state index in [-0.39, 0.29) is 13.2 Å². The maximum Gasteiger partial charge on any atom is 0.401 e. The molecule has 5 heteroatoms. The molecule has 0 aromatic heterocycles. The Labute approximate surface area is 112 Å². The fourth-order valence-corrected chi connectivity index (χ4v) is 1.71. The van der Waals surface area contributed by atoms with Gasteiger partial charge in [0.2, 0.25) is 0 Å². The number of halogens is 3. The molecule has 19 heavy (non-hydrogen) atoms. The lowest BCUT2D eigenvalue weighted by Gasteiger charge is -2.15. The summed E-state index contributed by atoms with van der Waals surface area (Å²) in [7, 11) is 0. The van der Waals surface area contributed by atoms with E-state index in [1.54, 1.807) is 0 Å². The van der Waals surface area contributed by atoms with Crippen LogP contribution >= 0.6 is 0 Å². The van der Waals surface area contributed by atoms with Gasteiger partial charge in [-0.25, -0.2) is 0 Å². The summed E-state index contributed by atoms with van der Waals surface area (Å²) in [6.45, 7) is 5.48. The van der Waals surface area contributed by atoms with Crippen molar-refractivity contribution >= 4 is 0 Å². The molecule has 0 aliphatic carbocycles. The fraction of sp³-hybridized carbons (Fsp3) is 0.571. The maximum absolute atomic E-state index is 11.9. The Hall–Kier alpha value is -1.23. The van der Waals surface area contributed by atoms with Crippen molar-refractivity contribution in [3.05, 3.63) is 29.3 Å². The number of aryl methyl sites for hydroxylation is 1. The number of nitrogens with one attached hydrogen (secondary N) is 1. The van der Waals surface area contributed by atoms with Crippen molar-refractivity contribution in [2.24, 2.45) is 0 Å². The first-order valence-electron chi connectivity index (χ1n) is 6.30. The van der Waals surface area contributed by atoms with E-state index in [0.29, 0.717) is 5.92 Å². The zero-order chi connectivity index (χ0) is 14.5. The van der Waals surface area contributed by atoms with E-state index >= 15 is 0 Å². The molecule has 1 aromatic rings. The molecular weight excluding hydrogens is 255 g/mol. The predicted molar refractivity (Wildman–Crippen MR) is 69.7 cm³/mol. The first-order chi connectivity index (χ1) is 8.79. The monoisotopic (exact) mass is 275 g/mol. The molecule has 0 atom stereocenters. The minimum absolute atomic E-state index is 0.172. The van der Waals surface area contributed by atoms with Crippen LogP contribution in [0.4, 0.5) is 13.2 Å². The van der Waals surface area contributed by atoms with E-state index in [1.165, 1.54) is 0 Å². The van der Waals surface area contributed by atoms with E-state index < -0.39 is 12.7 Å². The summed E-state index contributed by atoms with van der Waals surface area (Å²) in [6.07, 6.45) is -4.17. The SMILES string of the molecule is Cc1ccc(C(C)C)c(OCCNCC(F)(F)F)c1. The van der Waals surface area contributed by atoms with Crippen LogP contribution in [0, 0.1) is 6.92 Å². The van der Waals surface area contributed by atoms with Crippen LogP contribution in [-0.4, -0.2) is 25.9 Å². The van der Waals surface area contributed by atoms with E-state index in [0.717, 1.165) is 16.9 Å². The van der Waals surface area contributed by atoms with E-state index in [4.69, 9.17) is 4.74 Å². The minimum Gasteiger partial charge on any atom is -0.492 e. The molecule has 2 nitrogen and oxygen atoms in total. The normalized spacial score (nSPS) is 11.9. The van der Waals surface area contributed by atoms with Gasteiger partial charge < -0.3 is 10.1 Å². The highest BCUT2D eigenvalue weighted by Crippen LogP contribution is 2.27. The van der Waals surface area contributed by atoms with Crippen LogP contribution in [-0.2, 0) is 0 Å². The second-order valence-corrected chi connectivity index (χ2v) is 4.84. The van der Waals surface area contributed by atoms with Gasteiger partial charge in [0, 0.05) is 6.54 Å². The molecule has 0 radical (unpaired) electrons. The largest absolute Gasteiger partial charge is 0.492 e. The number of hydrogen-bond donors (Lipinski definition) is 1. The molecule has 0 saturated heterocycles. The molecule has 0 fully saturated rings. The van der Waals surface area contributed by atoms with Gasteiger partial charge in [-0.3, -0.25) is 0 Å². The van der Waals surface area contributed by atoms with Crippen molar-refractivity contribution < 1.29 is 17.9 Å². The van der Waals surface area contributed by atoms with Crippen molar-refractivity contribution in [1.82, 2.24) is 5.32 Å². The van der Waals surface area contributed by atoms with Gasteiger partial charge in [0.05, 0.1) is 6.54 Å². The molecule has 0 amide bonds. The number of hydrogen-bond acceptors (Lipinski definition) is 2. The van der Waals surface area contributed by atoms with Crippen LogP contribution < -0.4 is 10.1 Å². The third kappa shape index (κ3) is 5.96. The number of alkyl halides is 3. The van der Waals surface area contributed by atoms with Gasteiger partial charge in [-0.05, 0) is 30.0 Å². The Kier molecular flexibility index (Phi) is 5.66.